The number of esters is 1. The van der Waals surface area contributed by atoms with Crippen LogP contribution in [0.5, 0.6) is 11.5 Å². The van der Waals surface area contributed by atoms with Crippen molar-refractivity contribution in [3.05, 3.63) is 64.7 Å². The first-order valence-electron chi connectivity index (χ1n) is 10.6. The lowest BCUT2D eigenvalue weighted by Gasteiger charge is -2.11. The Bertz CT molecular complexity index is 1460. The molecule has 0 unspecified atom stereocenters. The molecule has 0 spiro atoms. The van der Waals surface area contributed by atoms with Gasteiger partial charge >= 0.3 is 5.97 Å². The zero-order valence-electron chi connectivity index (χ0n) is 19.2. The van der Waals surface area contributed by atoms with Crippen molar-refractivity contribution in [2.24, 2.45) is 0 Å². The highest BCUT2D eigenvalue weighted by Crippen LogP contribution is 2.29. The van der Waals surface area contributed by atoms with Crippen molar-refractivity contribution in [3.63, 3.8) is 0 Å². The van der Waals surface area contributed by atoms with Crippen molar-refractivity contribution in [3.8, 4) is 17.2 Å². The van der Waals surface area contributed by atoms with Crippen molar-refractivity contribution in [2.75, 3.05) is 26.1 Å². The summed E-state index contributed by atoms with van der Waals surface area (Å²) in [4.78, 5) is 42.0. The highest BCUT2D eigenvalue weighted by atomic mass is 16.5. The van der Waals surface area contributed by atoms with Crippen LogP contribution >= 0.6 is 0 Å². The molecule has 0 aliphatic rings. The summed E-state index contributed by atoms with van der Waals surface area (Å²) in [7, 11) is 3.03. The summed E-state index contributed by atoms with van der Waals surface area (Å²) in [6.45, 7) is 1.55. The summed E-state index contributed by atoms with van der Waals surface area (Å²) in [5.41, 5.74) is 0.700. The molecule has 0 saturated heterocycles. The molecule has 4 aromatic rings. The van der Waals surface area contributed by atoms with Crippen LogP contribution in [0.4, 0.5) is 5.69 Å². The van der Waals surface area contributed by atoms with Crippen LogP contribution in [0, 0.1) is 0 Å². The molecule has 0 saturated carbocycles. The predicted octanol–water partition coefficient (Wildman–Crippen LogP) is 1.81. The first kappa shape index (κ1) is 23.4. The van der Waals surface area contributed by atoms with Gasteiger partial charge in [0, 0.05) is 6.07 Å². The maximum Gasteiger partial charge on any atom is 0.340 e. The second-order valence-electron chi connectivity index (χ2n) is 7.20. The zero-order chi connectivity index (χ0) is 24.9. The summed E-state index contributed by atoms with van der Waals surface area (Å²) in [5, 5.41) is 10.6. The molecule has 35 heavy (non-hydrogen) atoms. The molecule has 2 aromatic carbocycles. The number of carbonyl (C=O) groups excluding carboxylic acids is 2. The number of rotatable bonds is 8. The number of carbonyl (C=O) groups is 2. The Hall–Kier alpha value is -4.74. The van der Waals surface area contributed by atoms with Crippen molar-refractivity contribution < 1.29 is 23.8 Å². The van der Waals surface area contributed by atoms with Crippen LogP contribution in [-0.4, -0.2) is 57.2 Å². The average molecular weight is 478 g/mol. The summed E-state index contributed by atoms with van der Waals surface area (Å²) in [6.07, 6.45) is 1.24. The topological polar surface area (TPSA) is 139 Å². The quantitative estimate of drug-likeness (QED) is 0.376. The molecule has 2 aromatic heterocycles. The molecule has 12 nitrogen and oxygen atoms in total. The Labute approximate surface area is 199 Å². The third-order valence-corrected chi connectivity index (χ3v) is 5.05. The Morgan fingerprint density at radius 3 is 2.57 bits per heavy atom. The van der Waals surface area contributed by atoms with E-state index in [9.17, 15) is 14.4 Å². The number of aromatic nitrogens is 5. The van der Waals surface area contributed by atoms with Gasteiger partial charge in [0.2, 0.25) is 5.91 Å². The number of hydrogen-bond acceptors (Lipinski definition) is 9. The minimum atomic E-state index is -0.560. The number of nitrogens with one attached hydrogen (secondary N) is 1. The number of ether oxygens (including phenoxy) is 3. The summed E-state index contributed by atoms with van der Waals surface area (Å²) in [6, 6.07) is 11.5. The monoisotopic (exact) mass is 478 g/mol. The van der Waals surface area contributed by atoms with E-state index in [2.05, 4.69) is 20.6 Å². The minimum absolute atomic E-state index is 0.0120. The SMILES string of the molecule is CCOC(=O)c1ccccc1NC(=O)Cn1cnc2c(nnn2-c2ccc(OC)c(OC)c2)c1=O. The fourth-order valence-corrected chi connectivity index (χ4v) is 3.41. The lowest BCUT2D eigenvalue weighted by atomic mass is 10.2. The molecular formula is C23H22N6O6. The summed E-state index contributed by atoms with van der Waals surface area (Å²) >= 11 is 0. The van der Waals surface area contributed by atoms with Crippen molar-refractivity contribution in [1.82, 2.24) is 24.5 Å². The normalized spacial score (nSPS) is 10.7. The first-order chi connectivity index (χ1) is 17.0. The molecule has 4 rings (SSSR count). The fraction of sp³-hybridized carbons (Fsp3) is 0.217. The van der Waals surface area contributed by atoms with Crippen molar-refractivity contribution in [1.29, 1.82) is 0 Å². The first-order valence-corrected chi connectivity index (χ1v) is 10.6. The van der Waals surface area contributed by atoms with Crippen molar-refractivity contribution >= 4 is 28.7 Å². The standard InChI is InChI=1S/C23H22N6O6/c1-4-35-23(32)15-7-5-6-8-16(15)25-19(30)12-28-13-24-21-20(22(28)31)26-27-29(21)14-9-10-17(33-2)18(11-14)34-3/h5-11,13H,4,12H2,1-3H3,(H,25,30). The van der Waals surface area contributed by atoms with Gasteiger partial charge in [-0.1, -0.05) is 17.3 Å². The summed E-state index contributed by atoms with van der Waals surface area (Å²) < 4.78 is 18.1. The maximum atomic E-state index is 13.0. The number of para-hydroxylation sites is 1. The lowest BCUT2D eigenvalue weighted by Crippen LogP contribution is -2.28. The molecule has 0 atom stereocenters. The van der Waals surface area contributed by atoms with Crippen LogP contribution in [-0.2, 0) is 16.1 Å². The van der Waals surface area contributed by atoms with Crippen LogP contribution in [0.25, 0.3) is 16.9 Å². The second kappa shape index (κ2) is 10.0. The van der Waals surface area contributed by atoms with Gasteiger partial charge in [-0.2, -0.15) is 4.68 Å². The van der Waals surface area contributed by atoms with Crippen LogP contribution < -0.4 is 20.3 Å². The Balaban J connectivity index is 1.59. The molecule has 0 bridgehead atoms. The highest BCUT2D eigenvalue weighted by molar-refractivity contribution is 6.01. The number of anilines is 1. The van der Waals surface area contributed by atoms with E-state index in [1.54, 1.807) is 49.4 Å². The van der Waals surface area contributed by atoms with Crippen LogP contribution in [0.15, 0.2) is 53.6 Å². The molecule has 1 amide bonds. The van der Waals surface area contributed by atoms with E-state index in [4.69, 9.17) is 14.2 Å². The van der Waals surface area contributed by atoms with Gasteiger partial charge < -0.3 is 19.5 Å². The number of hydrogen-bond donors (Lipinski definition) is 1. The molecular weight excluding hydrogens is 456 g/mol. The number of nitrogens with zero attached hydrogens (tertiary/aromatic N) is 5. The van der Waals surface area contributed by atoms with E-state index < -0.39 is 17.4 Å². The van der Waals surface area contributed by atoms with Gasteiger partial charge in [0.1, 0.15) is 12.9 Å². The van der Waals surface area contributed by atoms with E-state index in [1.165, 1.54) is 25.2 Å². The second-order valence-corrected chi connectivity index (χ2v) is 7.20. The third-order valence-electron chi connectivity index (χ3n) is 5.05. The van der Waals surface area contributed by atoms with Crippen LogP contribution in [0.1, 0.15) is 17.3 Å². The Kier molecular flexibility index (Phi) is 6.71. The maximum absolute atomic E-state index is 13.0. The smallest absolute Gasteiger partial charge is 0.340 e. The molecule has 12 heteroatoms. The minimum Gasteiger partial charge on any atom is -0.493 e. The molecule has 0 aliphatic carbocycles. The summed E-state index contributed by atoms with van der Waals surface area (Å²) in [5.74, 6) is -0.0824. The number of methoxy groups -OCH3 is 2. The van der Waals surface area contributed by atoms with Crippen LogP contribution in [0.2, 0.25) is 0 Å². The molecule has 0 aliphatic heterocycles. The van der Waals surface area contributed by atoms with E-state index in [0.717, 1.165) is 4.57 Å². The largest absolute Gasteiger partial charge is 0.493 e. The Morgan fingerprint density at radius 2 is 1.83 bits per heavy atom. The van der Waals surface area contributed by atoms with Gasteiger partial charge in [-0.25, -0.2) is 9.78 Å². The molecule has 0 fully saturated rings. The highest BCUT2D eigenvalue weighted by Gasteiger charge is 2.18. The third kappa shape index (κ3) is 4.67. The van der Waals surface area contributed by atoms with E-state index >= 15 is 0 Å². The van der Waals surface area contributed by atoms with Crippen LogP contribution in [0.3, 0.4) is 0 Å². The van der Waals surface area contributed by atoms with Gasteiger partial charge in [0.05, 0.1) is 37.8 Å². The molecule has 180 valence electrons. The predicted molar refractivity (Wildman–Crippen MR) is 125 cm³/mol. The van der Waals surface area contributed by atoms with E-state index in [1.807, 2.05) is 0 Å². The van der Waals surface area contributed by atoms with Gasteiger partial charge in [0.15, 0.2) is 22.7 Å². The van der Waals surface area contributed by atoms with Gasteiger partial charge in [-0.15, -0.1) is 5.10 Å². The fourth-order valence-electron chi connectivity index (χ4n) is 3.41. The number of fused-ring (bicyclic) bond motifs is 1. The van der Waals surface area contributed by atoms with Gasteiger partial charge in [-0.05, 0) is 31.2 Å². The van der Waals surface area contributed by atoms with Crippen molar-refractivity contribution in [2.45, 2.75) is 13.5 Å². The molecule has 2 heterocycles. The molecule has 0 radical (unpaired) electrons. The van der Waals surface area contributed by atoms with Gasteiger partial charge in [0.25, 0.3) is 5.56 Å². The lowest BCUT2D eigenvalue weighted by molar-refractivity contribution is -0.116. The Morgan fingerprint density at radius 1 is 1.06 bits per heavy atom. The number of amides is 1. The molecule has 1 N–H and O–H groups in total. The van der Waals surface area contributed by atoms with E-state index in [-0.39, 0.29) is 35.6 Å². The van der Waals surface area contributed by atoms with Gasteiger partial charge in [-0.3, -0.25) is 14.2 Å². The van der Waals surface area contributed by atoms with E-state index in [0.29, 0.717) is 17.2 Å². The zero-order valence-corrected chi connectivity index (χ0v) is 19.2. The average Bonchev–Trinajstić information content (AvgIpc) is 3.30. The number of benzene rings is 2.